The zero-order valence-electron chi connectivity index (χ0n) is 10.7. The van der Waals surface area contributed by atoms with Gasteiger partial charge in [0.1, 0.15) is 0 Å². The number of hydrogen-bond donors (Lipinski definition) is 0. The topological polar surface area (TPSA) is 17.1 Å². The van der Waals surface area contributed by atoms with Gasteiger partial charge in [0.25, 0.3) is 0 Å². The Morgan fingerprint density at radius 1 is 1.05 bits per heavy atom. The first kappa shape index (κ1) is 12.2. The number of fused-ring (bicyclic) bond motifs is 1. The first-order valence-corrected chi connectivity index (χ1v) is 7.47. The van der Waals surface area contributed by atoms with E-state index in [0.717, 1.165) is 28.7 Å². The van der Waals surface area contributed by atoms with Crippen LogP contribution in [-0.4, -0.2) is 12.0 Å². The van der Waals surface area contributed by atoms with Gasteiger partial charge in [-0.3, -0.25) is 4.79 Å². The first-order chi connectivity index (χ1) is 9.28. The Kier molecular flexibility index (Phi) is 3.26. The lowest BCUT2D eigenvalue weighted by Gasteiger charge is -1.99. The van der Waals surface area contributed by atoms with Crippen LogP contribution in [0.4, 0.5) is 0 Å². The number of rotatable bonds is 2. The van der Waals surface area contributed by atoms with E-state index in [0.29, 0.717) is 0 Å². The lowest BCUT2D eigenvalue weighted by molar-refractivity contribution is 0.104. The van der Waals surface area contributed by atoms with Crippen LogP contribution in [0.5, 0.6) is 0 Å². The van der Waals surface area contributed by atoms with Gasteiger partial charge in [0, 0.05) is 22.5 Å². The zero-order chi connectivity index (χ0) is 13.2. The second-order valence-electron chi connectivity index (χ2n) is 4.61. The van der Waals surface area contributed by atoms with Crippen LogP contribution in [0, 0.1) is 0 Å². The summed E-state index contributed by atoms with van der Waals surface area (Å²) in [4.78, 5) is 13.5. The second kappa shape index (κ2) is 5.06. The molecule has 0 aromatic heterocycles. The summed E-state index contributed by atoms with van der Waals surface area (Å²) in [5, 5.41) is 0. The van der Waals surface area contributed by atoms with E-state index >= 15 is 0 Å². The van der Waals surface area contributed by atoms with E-state index in [2.05, 4.69) is 30.5 Å². The predicted octanol–water partition coefficient (Wildman–Crippen LogP) is 4.23. The van der Waals surface area contributed by atoms with E-state index < -0.39 is 0 Å². The van der Waals surface area contributed by atoms with Crippen LogP contribution in [0.2, 0.25) is 0 Å². The third-order valence-electron chi connectivity index (χ3n) is 3.39. The van der Waals surface area contributed by atoms with E-state index in [-0.39, 0.29) is 5.78 Å². The molecule has 2 heteroatoms. The standard InChI is InChI=1S/C17H14OS/c1-19-15-8-6-12(7-9-15)10-14-11-13-4-2-3-5-16(13)17(14)18/h2-10H,11H2,1H3. The van der Waals surface area contributed by atoms with Gasteiger partial charge in [0.15, 0.2) is 5.78 Å². The number of Topliss-reactive ketones (excluding diaryl/α,β-unsaturated/α-hetero) is 1. The summed E-state index contributed by atoms with van der Waals surface area (Å²) in [6.45, 7) is 0. The summed E-state index contributed by atoms with van der Waals surface area (Å²) in [5.41, 5.74) is 3.97. The van der Waals surface area contributed by atoms with Crippen LogP contribution in [-0.2, 0) is 6.42 Å². The number of benzene rings is 2. The van der Waals surface area contributed by atoms with Crippen LogP contribution < -0.4 is 0 Å². The summed E-state index contributed by atoms with van der Waals surface area (Å²) in [6, 6.07) is 16.2. The number of ketones is 1. The third-order valence-corrected chi connectivity index (χ3v) is 4.13. The van der Waals surface area contributed by atoms with Crippen molar-refractivity contribution in [3.8, 4) is 0 Å². The SMILES string of the molecule is CSc1ccc(C=C2Cc3ccccc3C2=O)cc1. The molecule has 0 bridgehead atoms. The summed E-state index contributed by atoms with van der Waals surface area (Å²) in [7, 11) is 0. The Bertz CT molecular complexity index is 653. The fourth-order valence-corrected chi connectivity index (χ4v) is 2.78. The molecule has 0 aliphatic heterocycles. The minimum Gasteiger partial charge on any atom is -0.289 e. The van der Waals surface area contributed by atoms with Crippen molar-refractivity contribution < 1.29 is 4.79 Å². The highest BCUT2D eigenvalue weighted by Gasteiger charge is 2.23. The Hall–Kier alpha value is -1.80. The minimum atomic E-state index is 0.171. The molecule has 94 valence electrons. The van der Waals surface area contributed by atoms with Gasteiger partial charge in [0.05, 0.1) is 0 Å². The highest BCUT2D eigenvalue weighted by atomic mass is 32.2. The van der Waals surface area contributed by atoms with Crippen molar-refractivity contribution in [2.75, 3.05) is 6.26 Å². The predicted molar refractivity (Wildman–Crippen MR) is 80.7 cm³/mol. The fourth-order valence-electron chi connectivity index (χ4n) is 2.37. The summed E-state index contributed by atoms with van der Waals surface area (Å²) < 4.78 is 0. The average Bonchev–Trinajstić information content (AvgIpc) is 2.77. The molecule has 19 heavy (non-hydrogen) atoms. The monoisotopic (exact) mass is 266 g/mol. The lowest BCUT2D eigenvalue weighted by atomic mass is 10.1. The Labute approximate surface area is 117 Å². The van der Waals surface area contributed by atoms with Crippen molar-refractivity contribution in [3.05, 3.63) is 70.8 Å². The number of carbonyl (C=O) groups excluding carboxylic acids is 1. The maximum absolute atomic E-state index is 12.3. The summed E-state index contributed by atoms with van der Waals surface area (Å²) in [6.07, 6.45) is 4.82. The van der Waals surface area contributed by atoms with Crippen LogP contribution in [0.25, 0.3) is 6.08 Å². The molecule has 0 saturated carbocycles. The van der Waals surface area contributed by atoms with Crippen molar-refractivity contribution in [2.24, 2.45) is 0 Å². The van der Waals surface area contributed by atoms with Crippen molar-refractivity contribution in [3.63, 3.8) is 0 Å². The molecule has 1 aliphatic rings. The van der Waals surface area contributed by atoms with Crippen LogP contribution in [0.1, 0.15) is 21.5 Å². The molecule has 3 rings (SSSR count). The number of hydrogen-bond acceptors (Lipinski definition) is 2. The molecule has 0 spiro atoms. The van der Waals surface area contributed by atoms with E-state index in [1.807, 2.05) is 30.3 Å². The zero-order valence-corrected chi connectivity index (χ0v) is 11.5. The van der Waals surface area contributed by atoms with E-state index in [1.165, 1.54) is 4.90 Å². The van der Waals surface area contributed by atoms with Gasteiger partial charge in [-0.1, -0.05) is 36.4 Å². The summed E-state index contributed by atoms with van der Waals surface area (Å²) in [5.74, 6) is 0.171. The Morgan fingerprint density at radius 2 is 1.79 bits per heavy atom. The largest absolute Gasteiger partial charge is 0.289 e. The van der Waals surface area contributed by atoms with Gasteiger partial charge in [-0.05, 0) is 35.6 Å². The van der Waals surface area contributed by atoms with Gasteiger partial charge < -0.3 is 0 Å². The molecule has 1 nitrogen and oxygen atoms in total. The molecule has 1 aliphatic carbocycles. The van der Waals surface area contributed by atoms with E-state index in [9.17, 15) is 4.79 Å². The minimum absolute atomic E-state index is 0.171. The number of carbonyl (C=O) groups is 1. The molecule has 0 amide bonds. The van der Waals surface area contributed by atoms with Crippen molar-refractivity contribution in [2.45, 2.75) is 11.3 Å². The van der Waals surface area contributed by atoms with Crippen LogP contribution >= 0.6 is 11.8 Å². The van der Waals surface area contributed by atoms with Crippen LogP contribution in [0.15, 0.2) is 59.0 Å². The van der Waals surface area contributed by atoms with E-state index in [1.54, 1.807) is 11.8 Å². The normalized spacial score (nSPS) is 15.8. The van der Waals surface area contributed by atoms with E-state index in [4.69, 9.17) is 0 Å². The fraction of sp³-hybridized carbons (Fsp3) is 0.118. The molecular weight excluding hydrogens is 252 g/mol. The molecule has 0 heterocycles. The molecular formula is C17H14OS. The van der Waals surface area contributed by atoms with Gasteiger partial charge >= 0.3 is 0 Å². The molecule has 0 atom stereocenters. The van der Waals surface area contributed by atoms with Gasteiger partial charge in [0.2, 0.25) is 0 Å². The second-order valence-corrected chi connectivity index (χ2v) is 5.49. The highest BCUT2D eigenvalue weighted by Crippen LogP contribution is 2.27. The van der Waals surface area contributed by atoms with Crippen molar-refractivity contribution >= 4 is 23.6 Å². The Morgan fingerprint density at radius 3 is 2.47 bits per heavy atom. The molecule has 0 fully saturated rings. The van der Waals surface area contributed by atoms with Gasteiger partial charge in [-0.25, -0.2) is 0 Å². The first-order valence-electron chi connectivity index (χ1n) is 6.25. The van der Waals surface area contributed by atoms with Crippen molar-refractivity contribution in [1.29, 1.82) is 0 Å². The maximum Gasteiger partial charge on any atom is 0.189 e. The highest BCUT2D eigenvalue weighted by molar-refractivity contribution is 7.98. The molecule has 0 radical (unpaired) electrons. The number of allylic oxidation sites excluding steroid dienone is 1. The lowest BCUT2D eigenvalue weighted by Crippen LogP contribution is -1.94. The Balaban J connectivity index is 1.92. The summed E-state index contributed by atoms with van der Waals surface area (Å²) >= 11 is 1.72. The smallest absolute Gasteiger partial charge is 0.189 e. The number of thioether (sulfide) groups is 1. The molecule has 0 unspecified atom stereocenters. The van der Waals surface area contributed by atoms with Gasteiger partial charge in [-0.2, -0.15) is 0 Å². The van der Waals surface area contributed by atoms with Crippen molar-refractivity contribution in [1.82, 2.24) is 0 Å². The molecule has 0 saturated heterocycles. The molecule has 0 N–H and O–H groups in total. The maximum atomic E-state index is 12.3. The third kappa shape index (κ3) is 2.36. The van der Waals surface area contributed by atoms with Crippen LogP contribution in [0.3, 0.4) is 0 Å². The van der Waals surface area contributed by atoms with Gasteiger partial charge in [-0.15, -0.1) is 11.8 Å². The molecule has 2 aromatic carbocycles. The molecule has 2 aromatic rings. The average molecular weight is 266 g/mol. The quantitative estimate of drug-likeness (QED) is 0.597.